The molecule has 1 fully saturated rings. The molecule has 6 heteroatoms. The van der Waals surface area contributed by atoms with Crippen molar-refractivity contribution in [2.24, 2.45) is 0 Å². The smallest absolute Gasteiger partial charge is 0.111 e. The van der Waals surface area contributed by atoms with Gasteiger partial charge in [0.15, 0.2) is 0 Å². The molecular weight excluding hydrogens is 340 g/mol. The SMILES string of the molecule is CC(C)NSNC1CCC(c2[nH]nc(-c3ccccc3)c2Cl)CC1. The molecule has 1 saturated carbocycles. The van der Waals surface area contributed by atoms with Crippen LogP contribution in [-0.2, 0) is 0 Å². The van der Waals surface area contributed by atoms with Gasteiger partial charge in [-0.1, -0.05) is 41.9 Å². The average Bonchev–Trinajstić information content (AvgIpc) is 2.97. The molecule has 3 N–H and O–H groups in total. The van der Waals surface area contributed by atoms with Crippen molar-refractivity contribution >= 4 is 23.7 Å². The van der Waals surface area contributed by atoms with Crippen molar-refractivity contribution in [1.29, 1.82) is 0 Å². The third kappa shape index (κ3) is 4.33. The Morgan fingerprint density at radius 3 is 2.54 bits per heavy atom. The zero-order chi connectivity index (χ0) is 16.9. The van der Waals surface area contributed by atoms with E-state index in [-0.39, 0.29) is 0 Å². The summed E-state index contributed by atoms with van der Waals surface area (Å²) in [6.45, 7) is 4.30. The van der Waals surface area contributed by atoms with Crippen LogP contribution in [0.3, 0.4) is 0 Å². The van der Waals surface area contributed by atoms with Crippen LogP contribution in [0.1, 0.15) is 51.1 Å². The van der Waals surface area contributed by atoms with Crippen LogP contribution in [-0.4, -0.2) is 22.3 Å². The fourth-order valence-corrected chi connectivity index (χ4v) is 4.19. The summed E-state index contributed by atoms with van der Waals surface area (Å²) in [5.41, 5.74) is 3.03. The maximum Gasteiger partial charge on any atom is 0.111 e. The Morgan fingerprint density at radius 2 is 1.88 bits per heavy atom. The van der Waals surface area contributed by atoms with Crippen LogP contribution in [0, 0.1) is 0 Å². The number of H-pyrrole nitrogens is 1. The van der Waals surface area contributed by atoms with Crippen molar-refractivity contribution in [3.63, 3.8) is 0 Å². The van der Waals surface area contributed by atoms with E-state index in [2.05, 4.69) is 33.5 Å². The van der Waals surface area contributed by atoms with Gasteiger partial charge in [-0.3, -0.25) is 5.10 Å². The van der Waals surface area contributed by atoms with Crippen molar-refractivity contribution < 1.29 is 0 Å². The number of aromatic nitrogens is 2. The largest absolute Gasteiger partial charge is 0.280 e. The van der Waals surface area contributed by atoms with E-state index in [1.54, 1.807) is 12.1 Å². The fourth-order valence-electron chi connectivity index (χ4n) is 3.13. The van der Waals surface area contributed by atoms with Gasteiger partial charge in [0.05, 0.1) is 10.7 Å². The molecule has 0 bridgehead atoms. The van der Waals surface area contributed by atoms with Gasteiger partial charge in [0, 0.05) is 35.7 Å². The highest BCUT2D eigenvalue weighted by Crippen LogP contribution is 2.39. The molecule has 0 aliphatic heterocycles. The monoisotopic (exact) mass is 364 g/mol. The number of nitrogens with one attached hydrogen (secondary N) is 3. The van der Waals surface area contributed by atoms with Crippen LogP contribution in [0.2, 0.25) is 5.02 Å². The number of nitrogens with zero attached hydrogens (tertiary/aromatic N) is 1. The van der Waals surface area contributed by atoms with Crippen molar-refractivity contribution in [3.05, 3.63) is 41.0 Å². The molecule has 0 saturated heterocycles. The van der Waals surface area contributed by atoms with E-state index in [1.807, 2.05) is 30.3 Å². The van der Waals surface area contributed by atoms with Crippen LogP contribution >= 0.6 is 23.7 Å². The van der Waals surface area contributed by atoms with Gasteiger partial charge in [0.1, 0.15) is 5.69 Å². The summed E-state index contributed by atoms with van der Waals surface area (Å²) in [5.74, 6) is 0.476. The third-order valence-corrected chi connectivity index (χ3v) is 5.86. The van der Waals surface area contributed by atoms with Gasteiger partial charge in [-0.2, -0.15) is 5.10 Å². The molecule has 0 spiro atoms. The summed E-state index contributed by atoms with van der Waals surface area (Å²) in [6.07, 6.45) is 4.59. The van der Waals surface area contributed by atoms with E-state index < -0.39 is 0 Å². The second kappa shape index (κ2) is 8.39. The number of halogens is 1. The number of aromatic amines is 1. The van der Waals surface area contributed by atoms with Gasteiger partial charge in [-0.15, -0.1) is 0 Å². The molecular formula is C18H25ClN4S. The maximum atomic E-state index is 6.62. The van der Waals surface area contributed by atoms with E-state index in [4.69, 9.17) is 11.6 Å². The summed E-state index contributed by atoms with van der Waals surface area (Å²) in [7, 11) is 0. The van der Waals surface area contributed by atoms with Gasteiger partial charge >= 0.3 is 0 Å². The Bertz CT molecular complexity index is 636. The Kier molecular flexibility index (Phi) is 6.22. The molecule has 24 heavy (non-hydrogen) atoms. The average molecular weight is 365 g/mol. The molecule has 0 amide bonds. The second-order valence-corrected chi connectivity index (χ2v) is 7.76. The lowest BCUT2D eigenvalue weighted by Crippen LogP contribution is -2.31. The first-order valence-corrected chi connectivity index (χ1v) is 9.80. The van der Waals surface area contributed by atoms with Crippen LogP contribution in [0.15, 0.2) is 30.3 Å². The van der Waals surface area contributed by atoms with Crippen molar-refractivity contribution in [2.45, 2.75) is 57.5 Å². The molecule has 0 atom stereocenters. The van der Waals surface area contributed by atoms with Crippen LogP contribution in [0.5, 0.6) is 0 Å². The standard InChI is InChI=1S/C18H25ClN4S/c1-12(2)22-24-23-15-10-8-14(9-11-15)18-16(19)17(20-21-18)13-6-4-3-5-7-13/h3-7,12,14-15,22-23H,8-11H2,1-2H3,(H,20,21). The van der Waals surface area contributed by atoms with Gasteiger partial charge in [0.2, 0.25) is 0 Å². The molecule has 1 aliphatic carbocycles. The first-order valence-electron chi connectivity index (χ1n) is 8.61. The van der Waals surface area contributed by atoms with E-state index in [9.17, 15) is 0 Å². The van der Waals surface area contributed by atoms with E-state index >= 15 is 0 Å². The summed E-state index contributed by atoms with van der Waals surface area (Å²) in [4.78, 5) is 0. The molecule has 130 valence electrons. The summed E-state index contributed by atoms with van der Waals surface area (Å²) < 4.78 is 6.85. The highest BCUT2D eigenvalue weighted by Gasteiger charge is 2.26. The van der Waals surface area contributed by atoms with Gasteiger partial charge < -0.3 is 0 Å². The number of hydrogen-bond donors (Lipinski definition) is 3. The molecule has 1 aliphatic rings. The van der Waals surface area contributed by atoms with Gasteiger partial charge in [-0.05, 0) is 39.5 Å². The molecule has 3 rings (SSSR count). The maximum absolute atomic E-state index is 6.62. The van der Waals surface area contributed by atoms with Gasteiger partial charge in [0.25, 0.3) is 0 Å². The minimum absolute atomic E-state index is 0.476. The fraction of sp³-hybridized carbons (Fsp3) is 0.500. The second-order valence-electron chi connectivity index (χ2n) is 6.71. The van der Waals surface area contributed by atoms with Crippen molar-refractivity contribution in [1.82, 2.24) is 19.6 Å². The molecule has 1 aromatic carbocycles. The zero-order valence-electron chi connectivity index (χ0n) is 14.2. The third-order valence-electron chi connectivity index (χ3n) is 4.44. The number of rotatable bonds is 6. The molecule has 1 heterocycles. The topological polar surface area (TPSA) is 52.7 Å². The van der Waals surface area contributed by atoms with Crippen LogP contribution in [0.4, 0.5) is 0 Å². The molecule has 2 aromatic rings. The highest BCUT2D eigenvalue weighted by molar-refractivity contribution is 7.95. The Hall–Kier alpha value is -1.01. The van der Waals surface area contributed by atoms with E-state index in [0.717, 1.165) is 47.7 Å². The predicted octanol–water partition coefficient (Wildman–Crippen LogP) is 4.91. The van der Waals surface area contributed by atoms with Crippen LogP contribution < -0.4 is 9.44 Å². The Labute approximate surface area is 153 Å². The Morgan fingerprint density at radius 1 is 1.17 bits per heavy atom. The van der Waals surface area contributed by atoms with Crippen molar-refractivity contribution in [3.8, 4) is 11.3 Å². The molecule has 0 radical (unpaired) electrons. The molecule has 0 unspecified atom stereocenters. The number of hydrogen-bond acceptors (Lipinski definition) is 4. The zero-order valence-corrected chi connectivity index (χ0v) is 15.8. The lowest BCUT2D eigenvalue weighted by atomic mass is 9.84. The first-order chi connectivity index (χ1) is 11.6. The summed E-state index contributed by atoms with van der Waals surface area (Å²) in [5, 5.41) is 8.44. The highest BCUT2D eigenvalue weighted by atomic mass is 35.5. The van der Waals surface area contributed by atoms with E-state index in [0.29, 0.717) is 18.0 Å². The lowest BCUT2D eigenvalue weighted by molar-refractivity contribution is 0.376. The molecule has 4 nitrogen and oxygen atoms in total. The molecule has 1 aromatic heterocycles. The summed E-state index contributed by atoms with van der Waals surface area (Å²) >= 11 is 8.25. The Balaban J connectivity index is 1.58. The lowest BCUT2D eigenvalue weighted by Gasteiger charge is -2.28. The minimum Gasteiger partial charge on any atom is -0.280 e. The summed E-state index contributed by atoms with van der Waals surface area (Å²) in [6, 6.07) is 11.2. The van der Waals surface area contributed by atoms with E-state index in [1.165, 1.54) is 0 Å². The van der Waals surface area contributed by atoms with Crippen molar-refractivity contribution in [2.75, 3.05) is 0 Å². The predicted molar refractivity (Wildman–Crippen MR) is 103 cm³/mol. The normalized spacial score (nSPS) is 21.3. The first kappa shape index (κ1) is 17.8. The number of benzene rings is 1. The minimum atomic E-state index is 0.476. The quantitative estimate of drug-likeness (QED) is 0.637. The van der Waals surface area contributed by atoms with Crippen LogP contribution in [0.25, 0.3) is 11.3 Å². The van der Waals surface area contributed by atoms with Gasteiger partial charge in [-0.25, -0.2) is 9.44 Å².